The van der Waals surface area contributed by atoms with Crippen LogP contribution in [0.3, 0.4) is 0 Å². The monoisotopic (exact) mass is 195 g/mol. The first kappa shape index (κ1) is 11.6. The zero-order valence-corrected chi connectivity index (χ0v) is 10.2. The molecule has 0 saturated heterocycles. The zero-order valence-electron chi connectivity index (χ0n) is 10.2. The fraction of sp³-hybridized carbons (Fsp3) is 0.846. The lowest BCUT2D eigenvalue weighted by Gasteiger charge is -2.22. The second-order valence-corrected chi connectivity index (χ2v) is 4.61. The Bertz CT molecular complexity index is 195. The highest BCUT2D eigenvalue weighted by Crippen LogP contribution is 2.29. The van der Waals surface area contributed by atoms with E-state index in [4.69, 9.17) is 0 Å². The molecule has 2 atom stereocenters. The van der Waals surface area contributed by atoms with Crippen molar-refractivity contribution in [1.29, 1.82) is 0 Å². The molecule has 0 bridgehead atoms. The molecule has 0 saturated carbocycles. The summed E-state index contributed by atoms with van der Waals surface area (Å²) in [6.07, 6.45) is 7.87. The minimum absolute atomic E-state index is 0.807. The van der Waals surface area contributed by atoms with Crippen LogP contribution < -0.4 is 0 Å². The number of allylic oxidation sites excluding steroid dienone is 2. The van der Waals surface area contributed by atoms with E-state index in [-0.39, 0.29) is 0 Å². The van der Waals surface area contributed by atoms with E-state index >= 15 is 0 Å². The van der Waals surface area contributed by atoms with Gasteiger partial charge in [0.2, 0.25) is 0 Å². The number of rotatable bonds is 3. The lowest BCUT2D eigenvalue weighted by Crippen LogP contribution is -2.17. The molecule has 0 aromatic heterocycles. The zero-order chi connectivity index (χ0) is 10.6. The van der Waals surface area contributed by atoms with Gasteiger partial charge in [-0.1, -0.05) is 19.9 Å². The molecule has 1 aliphatic rings. The SMILES string of the molecule is CCC1C=C(N(C)CC)CCCC1C. The Hall–Kier alpha value is -0.460. The van der Waals surface area contributed by atoms with Crippen LogP contribution in [0.25, 0.3) is 0 Å². The summed E-state index contributed by atoms with van der Waals surface area (Å²) >= 11 is 0. The highest BCUT2D eigenvalue weighted by atomic mass is 15.1. The maximum absolute atomic E-state index is 2.53. The summed E-state index contributed by atoms with van der Waals surface area (Å²) in [7, 11) is 2.22. The summed E-state index contributed by atoms with van der Waals surface area (Å²) in [5.41, 5.74) is 1.57. The molecule has 1 heteroatoms. The van der Waals surface area contributed by atoms with Crippen LogP contribution in [0.5, 0.6) is 0 Å². The van der Waals surface area contributed by atoms with E-state index in [1.807, 2.05) is 0 Å². The Kier molecular flexibility index (Phi) is 4.50. The molecule has 1 nitrogen and oxygen atoms in total. The van der Waals surface area contributed by atoms with Crippen LogP contribution in [0, 0.1) is 11.8 Å². The average molecular weight is 195 g/mol. The molecule has 14 heavy (non-hydrogen) atoms. The quantitative estimate of drug-likeness (QED) is 0.664. The largest absolute Gasteiger partial charge is 0.378 e. The fourth-order valence-corrected chi connectivity index (χ4v) is 2.36. The average Bonchev–Trinajstić information content (AvgIpc) is 2.39. The predicted octanol–water partition coefficient (Wildman–Crippen LogP) is 3.67. The lowest BCUT2D eigenvalue weighted by molar-refractivity contribution is 0.393. The smallest absolute Gasteiger partial charge is 0.0143 e. The van der Waals surface area contributed by atoms with Crippen molar-refractivity contribution >= 4 is 0 Å². The van der Waals surface area contributed by atoms with Gasteiger partial charge in [0.05, 0.1) is 0 Å². The molecule has 0 heterocycles. The third-order valence-corrected chi connectivity index (χ3v) is 3.67. The molecular weight excluding hydrogens is 170 g/mol. The third-order valence-electron chi connectivity index (χ3n) is 3.67. The predicted molar refractivity (Wildman–Crippen MR) is 63.2 cm³/mol. The molecule has 0 aromatic rings. The summed E-state index contributed by atoms with van der Waals surface area (Å²) in [5, 5.41) is 0. The summed E-state index contributed by atoms with van der Waals surface area (Å²) in [5.74, 6) is 1.68. The Morgan fingerprint density at radius 2 is 2.14 bits per heavy atom. The molecule has 0 amide bonds. The van der Waals surface area contributed by atoms with Crippen molar-refractivity contribution in [2.45, 2.75) is 46.5 Å². The Balaban J connectivity index is 2.72. The third kappa shape index (κ3) is 2.76. The van der Waals surface area contributed by atoms with Gasteiger partial charge >= 0.3 is 0 Å². The summed E-state index contributed by atoms with van der Waals surface area (Å²) in [6, 6.07) is 0. The molecule has 1 rings (SSSR count). The van der Waals surface area contributed by atoms with E-state index in [0.29, 0.717) is 0 Å². The van der Waals surface area contributed by atoms with Gasteiger partial charge < -0.3 is 4.90 Å². The van der Waals surface area contributed by atoms with Crippen molar-refractivity contribution in [3.05, 3.63) is 11.8 Å². The Morgan fingerprint density at radius 3 is 2.71 bits per heavy atom. The van der Waals surface area contributed by atoms with Gasteiger partial charge in [-0.05, 0) is 44.4 Å². The summed E-state index contributed by atoms with van der Waals surface area (Å²) < 4.78 is 0. The first-order valence-electron chi connectivity index (χ1n) is 6.10. The number of hydrogen-bond donors (Lipinski definition) is 0. The van der Waals surface area contributed by atoms with Gasteiger partial charge in [0.25, 0.3) is 0 Å². The van der Waals surface area contributed by atoms with Crippen LogP contribution >= 0.6 is 0 Å². The topological polar surface area (TPSA) is 3.24 Å². The van der Waals surface area contributed by atoms with Crippen LogP contribution in [-0.2, 0) is 0 Å². The number of hydrogen-bond acceptors (Lipinski definition) is 1. The van der Waals surface area contributed by atoms with Crippen LogP contribution in [-0.4, -0.2) is 18.5 Å². The molecule has 0 aromatic carbocycles. The van der Waals surface area contributed by atoms with Crippen molar-refractivity contribution in [1.82, 2.24) is 4.90 Å². The second kappa shape index (κ2) is 5.43. The second-order valence-electron chi connectivity index (χ2n) is 4.61. The molecule has 0 aliphatic heterocycles. The van der Waals surface area contributed by atoms with Crippen molar-refractivity contribution in [2.24, 2.45) is 11.8 Å². The van der Waals surface area contributed by atoms with Gasteiger partial charge in [-0.15, -0.1) is 0 Å². The van der Waals surface area contributed by atoms with E-state index in [0.717, 1.165) is 18.4 Å². The van der Waals surface area contributed by atoms with Gasteiger partial charge in [-0.2, -0.15) is 0 Å². The van der Waals surface area contributed by atoms with Crippen molar-refractivity contribution in [3.8, 4) is 0 Å². The van der Waals surface area contributed by atoms with Crippen LogP contribution in [0.15, 0.2) is 11.8 Å². The minimum atomic E-state index is 0.807. The molecule has 0 spiro atoms. The molecule has 82 valence electrons. The molecule has 0 N–H and O–H groups in total. The van der Waals surface area contributed by atoms with Crippen LogP contribution in [0.1, 0.15) is 46.5 Å². The van der Waals surface area contributed by atoms with E-state index in [1.54, 1.807) is 5.70 Å². The molecule has 0 fully saturated rings. The van der Waals surface area contributed by atoms with Crippen LogP contribution in [0.2, 0.25) is 0 Å². The van der Waals surface area contributed by atoms with Gasteiger partial charge in [0, 0.05) is 19.3 Å². The van der Waals surface area contributed by atoms with E-state index in [9.17, 15) is 0 Å². The van der Waals surface area contributed by atoms with E-state index in [1.165, 1.54) is 25.7 Å². The normalized spacial score (nSPS) is 28.1. The van der Waals surface area contributed by atoms with Crippen molar-refractivity contribution in [3.63, 3.8) is 0 Å². The molecule has 0 radical (unpaired) electrons. The standard InChI is InChI=1S/C13H25N/c1-5-12-10-13(14(4)6-2)9-7-8-11(12)3/h10-12H,5-9H2,1-4H3. The van der Waals surface area contributed by atoms with E-state index in [2.05, 4.69) is 38.8 Å². The molecular formula is C13H25N. The van der Waals surface area contributed by atoms with Gasteiger partial charge in [-0.3, -0.25) is 0 Å². The van der Waals surface area contributed by atoms with Crippen LogP contribution in [0.4, 0.5) is 0 Å². The maximum atomic E-state index is 2.53. The van der Waals surface area contributed by atoms with Crippen molar-refractivity contribution < 1.29 is 0 Å². The lowest BCUT2D eigenvalue weighted by atomic mass is 9.89. The highest BCUT2D eigenvalue weighted by Gasteiger charge is 2.18. The molecule has 2 unspecified atom stereocenters. The first-order chi connectivity index (χ1) is 6.69. The van der Waals surface area contributed by atoms with E-state index < -0.39 is 0 Å². The Labute approximate surface area is 89.2 Å². The Morgan fingerprint density at radius 1 is 1.43 bits per heavy atom. The number of nitrogens with zero attached hydrogens (tertiary/aromatic N) is 1. The first-order valence-corrected chi connectivity index (χ1v) is 6.10. The fourth-order valence-electron chi connectivity index (χ4n) is 2.36. The van der Waals surface area contributed by atoms with Gasteiger partial charge in [0.1, 0.15) is 0 Å². The highest BCUT2D eigenvalue weighted by molar-refractivity contribution is 5.06. The maximum Gasteiger partial charge on any atom is 0.0143 e. The molecule has 1 aliphatic carbocycles. The minimum Gasteiger partial charge on any atom is -0.378 e. The summed E-state index contributed by atoms with van der Waals surface area (Å²) in [4.78, 5) is 2.40. The summed E-state index contributed by atoms with van der Waals surface area (Å²) in [6.45, 7) is 8.08. The van der Waals surface area contributed by atoms with Gasteiger partial charge in [0.15, 0.2) is 0 Å². The van der Waals surface area contributed by atoms with Crippen molar-refractivity contribution in [2.75, 3.05) is 13.6 Å². The van der Waals surface area contributed by atoms with Gasteiger partial charge in [-0.25, -0.2) is 0 Å².